The van der Waals surface area contributed by atoms with Crippen molar-refractivity contribution >= 4 is 23.2 Å². The fraction of sp³-hybridized carbons (Fsp3) is 0.250. The van der Waals surface area contributed by atoms with E-state index in [9.17, 15) is 0 Å². The largest absolute Gasteiger partial charge is 1.00 e. The summed E-state index contributed by atoms with van der Waals surface area (Å²) in [6.45, 7) is 0.362. The predicted molar refractivity (Wildman–Crippen MR) is 49.4 cm³/mol. The van der Waals surface area contributed by atoms with Crippen molar-refractivity contribution in [3.8, 4) is 0 Å². The molecular formula is C8H8Cl2KN. The number of benzene rings is 1. The molecule has 1 rings (SSSR count). The molecular weight excluding hydrogens is 220 g/mol. The van der Waals surface area contributed by atoms with Gasteiger partial charge >= 0.3 is 51.4 Å². The molecule has 1 aromatic rings. The molecule has 0 saturated heterocycles. The quantitative estimate of drug-likeness (QED) is 0.662. The first-order chi connectivity index (χ1) is 5.24. The summed E-state index contributed by atoms with van der Waals surface area (Å²) in [6, 6.07) is 5.35. The summed E-state index contributed by atoms with van der Waals surface area (Å²) in [5.74, 6) is 0. The summed E-state index contributed by atoms with van der Waals surface area (Å²) in [5, 5.41) is 1.30. The van der Waals surface area contributed by atoms with Crippen molar-refractivity contribution in [1.82, 2.24) is 0 Å². The number of hydrogen-bond acceptors (Lipinski definition) is 0. The van der Waals surface area contributed by atoms with Gasteiger partial charge in [-0.3, -0.25) is 0 Å². The number of rotatable bonds is 2. The van der Waals surface area contributed by atoms with Crippen molar-refractivity contribution in [2.45, 2.75) is 6.42 Å². The molecule has 0 radical (unpaired) electrons. The van der Waals surface area contributed by atoms with E-state index in [0.29, 0.717) is 23.0 Å². The smallest absolute Gasteiger partial charge is 0.677 e. The van der Waals surface area contributed by atoms with Crippen LogP contribution < -0.4 is 51.4 Å². The zero-order chi connectivity index (χ0) is 8.27. The topological polar surface area (TPSA) is 23.8 Å². The molecule has 0 aromatic heterocycles. The minimum atomic E-state index is 0. The van der Waals surface area contributed by atoms with Gasteiger partial charge < -0.3 is 5.73 Å². The van der Waals surface area contributed by atoms with Gasteiger partial charge in [0.2, 0.25) is 0 Å². The van der Waals surface area contributed by atoms with Crippen LogP contribution >= 0.6 is 23.2 Å². The summed E-state index contributed by atoms with van der Waals surface area (Å²) in [4.78, 5) is 0. The molecule has 0 saturated carbocycles. The van der Waals surface area contributed by atoms with E-state index in [2.05, 4.69) is 0 Å². The van der Waals surface area contributed by atoms with Gasteiger partial charge in [-0.2, -0.15) is 0 Å². The molecule has 0 aliphatic rings. The van der Waals surface area contributed by atoms with Gasteiger partial charge in [0.1, 0.15) is 0 Å². The zero-order valence-corrected chi connectivity index (χ0v) is 11.5. The van der Waals surface area contributed by atoms with Crippen LogP contribution in [-0.2, 0) is 6.42 Å². The summed E-state index contributed by atoms with van der Waals surface area (Å²) < 4.78 is 0. The van der Waals surface area contributed by atoms with Crippen LogP contribution in [0.25, 0.3) is 5.73 Å². The third-order valence-corrected chi connectivity index (χ3v) is 2.00. The Bertz CT molecular complexity index is 253. The van der Waals surface area contributed by atoms with Crippen LogP contribution in [0.1, 0.15) is 5.56 Å². The van der Waals surface area contributed by atoms with E-state index in [1.54, 1.807) is 12.1 Å². The summed E-state index contributed by atoms with van der Waals surface area (Å²) in [6.07, 6.45) is 0.690. The SMILES string of the molecule is [K+].[NH-]CCc1ccc(Cl)cc1Cl. The molecule has 1 N–H and O–H groups in total. The van der Waals surface area contributed by atoms with Crippen molar-refractivity contribution in [2.75, 3.05) is 6.54 Å². The number of nitrogens with one attached hydrogen (secondary N) is 1. The molecule has 0 aliphatic carbocycles. The molecule has 0 aliphatic heterocycles. The first-order valence-electron chi connectivity index (χ1n) is 3.32. The zero-order valence-electron chi connectivity index (χ0n) is 6.90. The van der Waals surface area contributed by atoms with Crippen molar-refractivity contribution in [1.29, 1.82) is 0 Å². The Morgan fingerprint density at radius 2 is 1.92 bits per heavy atom. The first-order valence-corrected chi connectivity index (χ1v) is 4.08. The van der Waals surface area contributed by atoms with E-state index in [0.717, 1.165) is 5.56 Å². The van der Waals surface area contributed by atoms with Gasteiger partial charge in [-0.25, -0.2) is 0 Å². The summed E-state index contributed by atoms with van der Waals surface area (Å²) in [5.41, 5.74) is 7.99. The Morgan fingerprint density at radius 1 is 1.25 bits per heavy atom. The Balaban J connectivity index is 0.00000121. The Labute approximate surface area is 125 Å². The van der Waals surface area contributed by atoms with Crippen LogP contribution in [0.5, 0.6) is 0 Å². The molecule has 0 heterocycles. The molecule has 12 heavy (non-hydrogen) atoms. The second-order valence-corrected chi connectivity index (χ2v) is 3.08. The molecule has 0 spiro atoms. The Morgan fingerprint density at radius 3 is 2.42 bits per heavy atom. The molecule has 1 aromatic carbocycles. The van der Waals surface area contributed by atoms with Crippen LogP contribution in [-0.4, -0.2) is 6.54 Å². The fourth-order valence-electron chi connectivity index (χ4n) is 0.859. The van der Waals surface area contributed by atoms with Gasteiger partial charge in [0, 0.05) is 10.0 Å². The van der Waals surface area contributed by atoms with E-state index >= 15 is 0 Å². The first kappa shape index (κ1) is 13.4. The summed E-state index contributed by atoms with van der Waals surface area (Å²) >= 11 is 11.5. The third-order valence-electron chi connectivity index (χ3n) is 1.41. The molecule has 60 valence electrons. The minimum absolute atomic E-state index is 0. The number of halogens is 2. The van der Waals surface area contributed by atoms with E-state index in [1.807, 2.05) is 6.07 Å². The maximum atomic E-state index is 7.00. The predicted octanol–water partition coefficient (Wildman–Crippen LogP) is 0.592. The van der Waals surface area contributed by atoms with Gasteiger partial charge in [-0.15, -0.1) is 6.54 Å². The van der Waals surface area contributed by atoms with Crippen LogP contribution in [0.2, 0.25) is 10.0 Å². The van der Waals surface area contributed by atoms with Crippen molar-refractivity contribution in [3.05, 3.63) is 39.5 Å². The van der Waals surface area contributed by atoms with E-state index in [-0.39, 0.29) is 51.4 Å². The average Bonchev–Trinajstić information content (AvgIpc) is 1.95. The van der Waals surface area contributed by atoms with Crippen molar-refractivity contribution in [3.63, 3.8) is 0 Å². The van der Waals surface area contributed by atoms with Gasteiger partial charge in [-0.1, -0.05) is 29.3 Å². The molecule has 0 bridgehead atoms. The van der Waals surface area contributed by atoms with Crippen LogP contribution in [0.15, 0.2) is 18.2 Å². The van der Waals surface area contributed by atoms with Gasteiger partial charge in [0.15, 0.2) is 0 Å². The normalized spacial score (nSPS) is 9.25. The standard InChI is InChI=1S/C8H8Cl2N.K/c9-7-2-1-6(3-4-11)8(10)5-7;/h1-2,5,11H,3-4H2;/q-1;+1. The van der Waals surface area contributed by atoms with Crippen LogP contribution in [0, 0.1) is 0 Å². The monoisotopic (exact) mass is 227 g/mol. The van der Waals surface area contributed by atoms with E-state index in [4.69, 9.17) is 28.9 Å². The van der Waals surface area contributed by atoms with Crippen LogP contribution in [0.4, 0.5) is 0 Å². The maximum Gasteiger partial charge on any atom is 1.00 e. The maximum absolute atomic E-state index is 7.00. The summed E-state index contributed by atoms with van der Waals surface area (Å²) in [7, 11) is 0. The third kappa shape index (κ3) is 4.07. The second-order valence-electron chi connectivity index (χ2n) is 2.24. The Kier molecular flexibility index (Phi) is 7.58. The Hall–Kier alpha value is 1.40. The molecule has 0 amide bonds. The minimum Gasteiger partial charge on any atom is -0.677 e. The van der Waals surface area contributed by atoms with Gasteiger partial charge in [0.25, 0.3) is 0 Å². The average molecular weight is 228 g/mol. The van der Waals surface area contributed by atoms with Crippen molar-refractivity contribution in [2.24, 2.45) is 0 Å². The molecule has 0 atom stereocenters. The van der Waals surface area contributed by atoms with E-state index in [1.165, 1.54) is 0 Å². The fourth-order valence-corrected chi connectivity index (χ4v) is 1.36. The molecule has 1 nitrogen and oxygen atoms in total. The number of hydrogen-bond donors (Lipinski definition) is 0. The second kappa shape index (κ2) is 6.79. The van der Waals surface area contributed by atoms with Crippen LogP contribution in [0.3, 0.4) is 0 Å². The molecule has 0 unspecified atom stereocenters. The van der Waals surface area contributed by atoms with Gasteiger partial charge in [-0.05, 0) is 24.1 Å². The van der Waals surface area contributed by atoms with Crippen molar-refractivity contribution < 1.29 is 51.4 Å². The van der Waals surface area contributed by atoms with E-state index < -0.39 is 0 Å². The van der Waals surface area contributed by atoms with Gasteiger partial charge in [0.05, 0.1) is 0 Å². The molecule has 0 fully saturated rings. The molecule has 4 heteroatoms.